The number of halogens is 3. The van der Waals surface area contributed by atoms with E-state index >= 15 is 0 Å². The van der Waals surface area contributed by atoms with Crippen molar-refractivity contribution in [3.8, 4) is 16.9 Å². The predicted molar refractivity (Wildman–Crippen MR) is 71.9 cm³/mol. The van der Waals surface area contributed by atoms with Gasteiger partial charge in [-0.25, -0.2) is 0 Å². The summed E-state index contributed by atoms with van der Waals surface area (Å²) in [7, 11) is 0. The summed E-state index contributed by atoms with van der Waals surface area (Å²) in [5.74, 6) is -1.41. The number of carbonyl (C=O) groups excluding carboxylic acids is 1. The number of hydrogen-bond donors (Lipinski definition) is 0. The summed E-state index contributed by atoms with van der Waals surface area (Å²) in [4.78, 5) is 10.5. The smallest absolute Gasteiger partial charge is 0.550 e. The Morgan fingerprint density at radius 2 is 1.73 bits per heavy atom. The van der Waals surface area contributed by atoms with Gasteiger partial charge in [0, 0.05) is 5.97 Å². The van der Waals surface area contributed by atoms with Gasteiger partial charge in [-0.1, -0.05) is 36.4 Å². The molecule has 116 valence electrons. The Morgan fingerprint density at radius 3 is 2.32 bits per heavy atom. The molecule has 0 aliphatic carbocycles. The fraction of sp³-hybridized carbons (Fsp3) is 0.188. The van der Waals surface area contributed by atoms with E-state index in [2.05, 4.69) is 4.74 Å². The average molecular weight is 309 g/mol. The molecule has 0 saturated heterocycles. The van der Waals surface area contributed by atoms with Crippen LogP contribution in [0.25, 0.3) is 11.1 Å². The van der Waals surface area contributed by atoms with Gasteiger partial charge in [0.05, 0.1) is 0 Å². The number of aliphatic carboxylic acids is 1. The highest BCUT2D eigenvalue weighted by Crippen LogP contribution is 2.27. The quantitative estimate of drug-likeness (QED) is 0.853. The molecule has 2 rings (SSSR count). The zero-order valence-electron chi connectivity index (χ0n) is 11.4. The molecule has 0 unspecified atom stereocenters. The molecule has 22 heavy (non-hydrogen) atoms. The van der Waals surface area contributed by atoms with Crippen LogP contribution < -0.4 is 9.84 Å². The monoisotopic (exact) mass is 309 g/mol. The van der Waals surface area contributed by atoms with E-state index < -0.39 is 12.3 Å². The first-order chi connectivity index (χ1) is 10.3. The van der Waals surface area contributed by atoms with Crippen molar-refractivity contribution >= 4 is 5.97 Å². The number of hydrogen-bond acceptors (Lipinski definition) is 3. The van der Waals surface area contributed by atoms with Gasteiger partial charge in [-0.2, -0.15) is 0 Å². The van der Waals surface area contributed by atoms with Gasteiger partial charge in [-0.15, -0.1) is 13.2 Å². The van der Waals surface area contributed by atoms with Crippen molar-refractivity contribution in [3.63, 3.8) is 0 Å². The lowest BCUT2D eigenvalue weighted by molar-refractivity contribution is -0.305. The Morgan fingerprint density at radius 1 is 1.05 bits per heavy atom. The van der Waals surface area contributed by atoms with Crippen molar-refractivity contribution in [2.45, 2.75) is 19.2 Å². The molecule has 0 aliphatic rings. The van der Waals surface area contributed by atoms with Crippen LogP contribution in [0.3, 0.4) is 0 Å². The number of ether oxygens (including phenoxy) is 1. The van der Waals surface area contributed by atoms with E-state index in [0.29, 0.717) is 12.0 Å². The van der Waals surface area contributed by atoms with Crippen LogP contribution >= 0.6 is 0 Å². The second kappa shape index (κ2) is 6.51. The van der Waals surface area contributed by atoms with Gasteiger partial charge in [0.15, 0.2) is 0 Å². The third-order valence-electron chi connectivity index (χ3n) is 2.97. The lowest BCUT2D eigenvalue weighted by Crippen LogP contribution is -2.22. The number of benzene rings is 2. The molecule has 0 atom stereocenters. The van der Waals surface area contributed by atoms with Crippen molar-refractivity contribution in [2.24, 2.45) is 0 Å². The fourth-order valence-corrected chi connectivity index (χ4v) is 2.00. The maximum absolute atomic E-state index is 12.1. The van der Waals surface area contributed by atoms with Gasteiger partial charge in [-0.05, 0) is 41.7 Å². The zero-order chi connectivity index (χ0) is 16.2. The SMILES string of the molecule is O=C([O-])CCc1cccc(-c2ccc(OC(F)(F)F)cc2)c1. The maximum atomic E-state index is 12.1. The van der Waals surface area contributed by atoms with Crippen LogP contribution in [0.1, 0.15) is 12.0 Å². The molecule has 6 heteroatoms. The van der Waals surface area contributed by atoms with E-state index in [9.17, 15) is 23.1 Å². The molecule has 0 saturated carbocycles. The summed E-state index contributed by atoms with van der Waals surface area (Å²) in [6, 6.07) is 12.6. The Bertz CT molecular complexity index is 648. The van der Waals surface area contributed by atoms with E-state index in [1.165, 1.54) is 24.3 Å². The van der Waals surface area contributed by atoms with E-state index in [1.54, 1.807) is 24.3 Å². The third kappa shape index (κ3) is 4.80. The van der Waals surface area contributed by atoms with E-state index in [1.807, 2.05) is 0 Å². The summed E-state index contributed by atoms with van der Waals surface area (Å²) in [5.41, 5.74) is 2.32. The van der Waals surface area contributed by atoms with Gasteiger partial charge < -0.3 is 14.6 Å². The molecule has 0 heterocycles. The highest BCUT2D eigenvalue weighted by atomic mass is 19.4. The normalized spacial score (nSPS) is 11.2. The van der Waals surface area contributed by atoms with E-state index in [-0.39, 0.29) is 12.2 Å². The molecule has 3 nitrogen and oxygen atoms in total. The highest BCUT2D eigenvalue weighted by molar-refractivity contribution is 5.66. The molecule has 2 aromatic rings. The summed E-state index contributed by atoms with van der Waals surface area (Å²) in [5, 5.41) is 10.5. The minimum atomic E-state index is -4.72. The van der Waals surface area contributed by atoms with Crippen molar-refractivity contribution in [3.05, 3.63) is 54.1 Å². The topological polar surface area (TPSA) is 49.4 Å². The number of rotatable bonds is 5. The minimum absolute atomic E-state index is 0.0815. The molecule has 0 N–H and O–H groups in total. The first-order valence-electron chi connectivity index (χ1n) is 6.48. The second-order valence-corrected chi connectivity index (χ2v) is 4.64. The van der Waals surface area contributed by atoms with Crippen LogP contribution in [0.5, 0.6) is 5.75 Å². The van der Waals surface area contributed by atoms with Crippen LogP contribution in [0.15, 0.2) is 48.5 Å². The van der Waals surface area contributed by atoms with Gasteiger partial charge >= 0.3 is 6.36 Å². The molecular weight excluding hydrogens is 297 g/mol. The Hall–Kier alpha value is -2.50. The van der Waals surface area contributed by atoms with Gasteiger partial charge in [0.2, 0.25) is 0 Å². The molecule has 2 aromatic carbocycles. The van der Waals surface area contributed by atoms with Gasteiger partial charge in [0.1, 0.15) is 5.75 Å². The minimum Gasteiger partial charge on any atom is -0.550 e. The number of carbonyl (C=O) groups is 1. The first-order valence-corrected chi connectivity index (χ1v) is 6.48. The molecule has 0 radical (unpaired) electrons. The summed E-state index contributed by atoms with van der Waals surface area (Å²) in [6.07, 6.45) is -4.46. The highest BCUT2D eigenvalue weighted by Gasteiger charge is 2.30. The second-order valence-electron chi connectivity index (χ2n) is 4.64. The predicted octanol–water partition coefficient (Wildman–Crippen LogP) is 2.93. The van der Waals surface area contributed by atoms with Crippen LogP contribution in [0.2, 0.25) is 0 Å². The van der Waals surface area contributed by atoms with Gasteiger partial charge in [-0.3, -0.25) is 0 Å². The van der Waals surface area contributed by atoms with Crippen molar-refractivity contribution in [2.75, 3.05) is 0 Å². The molecule has 0 aliphatic heterocycles. The summed E-state index contributed by atoms with van der Waals surface area (Å²) in [6.45, 7) is 0. The van der Waals surface area contributed by atoms with Crippen molar-refractivity contribution < 1.29 is 27.8 Å². The van der Waals surface area contributed by atoms with Gasteiger partial charge in [0.25, 0.3) is 0 Å². The standard InChI is InChI=1S/C16H13F3O3/c17-16(18,19)22-14-7-5-12(6-8-14)13-3-1-2-11(10-13)4-9-15(20)21/h1-3,5-8,10H,4,9H2,(H,20,21)/p-1. The van der Waals surface area contributed by atoms with Crippen LogP contribution in [0.4, 0.5) is 13.2 Å². The maximum Gasteiger partial charge on any atom is 0.573 e. The van der Waals surface area contributed by atoms with E-state index in [4.69, 9.17) is 0 Å². The molecule has 0 aromatic heterocycles. The average Bonchev–Trinajstić information content (AvgIpc) is 2.44. The number of carboxylic acids is 1. The lowest BCUT2D eigenvalue weighted by Gasteiger charge is -2.10. The first kappa shape index (κ1) is 15.9. The summed E-state index contributed by atoms with van der Waals surface area (Å²) < 4.78 is 40.1. The van der Waals surface area contributed by atoms with Crippen LogP contribution in [-0.4, -0.2) is 12.3 Å². The number of alkyl halides is 3. The van der Waals surface area contributed by atoms with E-state index in [0.717, 1.165) is 11.1 Å². The summed E-state index contributed by atoms with van der Waals surface area (Å²) >= 11 is 0. The van der Waals surface area contributed by atoms with Crippen LogP contribution in [-0.2, 0) is 11.2 Å². The third-order valence-corrected chi connectivity index (χ3v) is 2.97. The molecule has 0 fully saturated rings. The fourth-order valence-electron chi connectivity index (χ4n) is 2.00. The number of aryl methyl sites for hydroxylation is 1. The zero-order valence-corrected chi connectivity index (χ0v) is 11.4. The largest absolute Gasteiger partial charge is 0.573 e. The lowest BCUT2D eigenvalue weighted by atomic mass is 10.0. The van der Waals surface area contributed by atoms with Crippen LogP contribution in [0, 0.1) is 0 Å². The van der Waals surface area contributed by atoms with Crippen molar-refractivity contribution in [1.82, 2.24) is 0 Å². The molecule has 0 spiro atoms. The molecular formula is C16H12F3O3-. The Labute approximate surface area is 125 Å². The molecule has 0 amide bonds. The Balaban J connectivity index is 2.14. The Kier molecular flexibility index (Phi) is 4.70. The van der Waals surface area contributed by atoms with Crippen molar-refractivity contribution in [1.29, 1.82) is 0 Å². The molecule has 0 bridgehead atoms. The number of carboxylic acid groups (broad SMARTS) is 1.